The monoisotopic (exact) mass is 238 g/mol. The molecule has 2 aromatic carbocycles. The molecule has 18 heavy (non-hydrogen) atoms. The topological polar surface area (TPSA) is 3.24 Å². The minimum absolute atomic E-state index is 0.976. The molecule has 0 bridgehead atoms. The summed E-state index contributed by atoms with van der Waals surface area (Å²) in [6.07, 6.45) is 1.07. The Morgan fingerprint density at radius 2 is 1.22 bits per heavy atom. The van der Waals surface area contributed by atoms with Gasteiger partial charge in [0.1, 0.15) is 0 Å². The molecule has 2 rings (SSSR count). The van der Waals surface area contributed by atoms with E-state index in [0.717, 1.165) is 19.5 Å². The Kier molecular flexibility index (Phi) is 4.98. The molecule has 0 fully saturated rings. The van der Waals surface area contributed by atoms with Crippen molar-refractivity contribution < 1.29 is 0 Å². The van der Waals surface area contributed by atoms with Crippen LogP contribution in [-0.2, 0) is 13.1 Å². The normalized spacial score (nSPS) is 10.8. The zero-order valence-corrected chi connectivity index (χ0v) is 10.9. The van der Waals surface area contributed by atoms with Gasteiger partial charge in [-0.25, -0.2) is 0 Å². The molecule has 1 radical (unpaired) electrons. The van der Waals surface area contributed by atoms with Gasteiger partial charge in [0.25, 0.3) is 0 Å². The number of benzene rings is 2. The second-order valence-electron chi connectivity index (χ2n) is 4.47. The van der Waals surface area contributed by atoms with Crippen molar-refractivity contribution in [2.24, 2.45) is 0 Å². The Morgan fingerprint density at radius 3 is 1.61 bits per heavy atom. The lowest BCUT2D eigenvalue weighted by atomic mass is 10.1. The average molecular weight is 238 g/mol. The second kappa shape index (κ2) is 6.97. The van der Waals surface area contributed by atoms with Gasteiger partial charge in [0.2, 0.25) is 0 Å². The van der Waals surface area contributed by atoms with Crippen LogP contribution in [0.3, 0.4) is 0 Å². The van der Waals surface area contributed by atoms with Crippen LogP contribution in [-0.4, -0.2) is 4.90 Å². The molecule has 0 saturated heterocycles. The summed E-state index contributed by atoms with van der Waals surface area (Å²) in [6.45, 7) is 6.41. The highest BCUT2D eigenvalue weighted by Crippen LogP contribution is 2.12. The molecule has 0 aromatic heterocycles. The quantitative estimate of drug-likeness (QED) is 0.726. The van der Waals surface area contributed by atoms with Crippen LogP contribution in [0.5, 0.6) is 0 Å². The molecule has 1 heteroatoms. The Bertz CT molecular complexity index is 394. The van der Waals surface area contributed by atoms with Gasteiger partial charge in [-0.1, -0.05) is 67.6 Å². The molecule has 0 amide bonds. The van der Waals surface area contributed by atoms with Gasteiger partial charge in [0, 0.05) is 19.6 Å². The molecule has 1 nitrogen and oxygen atoms in total. The Balaban J connectivity index is 2.00. The molecule has 0 heterocycles. The summed E-state index contributed by atoms with van der Waals surface area (Å²) in [5.74, 6) is 0. The largest absolute Gasteiger partial charge is 0.290 e. The van der Waals surface area contributed by atoms with Gasteiger partial charge in [0.15, 0.2) is 0 Å². The minimum Gasteiger partial charge on any atom is -0.290 e. The first-order chi connectivity index (χ1) is 8.88. The number of rotatable bonds is 6. The van der Waals surface area contributed by atoms with E-state index in [-0.39, 0.29) is 0 Å². The van der Waals surface area contributed by atoms with Crippen LogP contribution in [0.15, 0.2) is 60.7 Å². The lowest BCUT2D eigenvalue weighted by molar-refractivity contribution is 0.311. The molecular formula is C17H20N. The van der Waals surface area contributed by atoms with Crippen molar-refractivity contribution in [1.29, 1.82) is 0 Å². The van der Waals surface area contributed by atoms with Crippen molar-refractivity contribution in [3.8, 4) is 0 Å². The molecule has 0 aliphatic carbocycles. The molecule has 93 valence electrons. The fraction of sp³-hybridized carbons (Fsp3) is 0.235. The highest BCUT2D eigenvalue weighted by atomic mass is 15.1. The minimum atomic E-state index is 0.976. The van der Waals surface area contributed by atoms with E-state index in [1.807, 2.05) is 0 Å². The molecule has 0 spiro atoms. The lowest BCUT2D eigenvalue weighted by Gasteiger charge is -2.21. The van der Waals surface area contributed by atoms with Crippen LogP contribution in [0.25, 0.3) is 0 Å². The predicted octanol–water partition coefficient (Wildman–Crippen LogP) is 4.26. The first kappa shape index (κ1) is 12.8. The van der Waals surface area contributed by atoms with E-state index in [1.165, 1.54) is 11.1 Å². The number of hydrogen-bond acceptors (Lipinski definition) is 1. The van der Waals surface area contributed by atoms with Gasteiger partial charge in [0.05, 0.1) is 0 Å². The van der Waals surface area contributed by atoms with Gasteiger partial charge in [-0.3, -0.25) is 4.90 Å². The Labute approximate surface area is 110 Å². The van der Waals surface area contributed by atoms with E-state index < -0.39 is 0 Å². The van der Waals surface area contributed by atoms with Gasteiger partial charge in [-0.05, 0) is 17.5 Å². The maximum atomic E-state index is 2.38. The molecule has 0 aliphatic rings. The van der Waals surface area contributed by atoms with Gasteiger partial charge >= 0.3 is 0 Å². The third-order valence-corrected chi connectivity index (χ3v) is 2.90. The third kappa shape index (κ3) is 4.01. The van der Waals surface area contributed by atoms with Crippen molar-refractivity contribution >= 4 is 0 Å². The predicted molar refractivity (Wildman–Crippen MR) is 76.7 cm³/mol. The molecule has 0 saturated carbocycles. The lowest BCUT2D eigenvalue weighted by Crippen LogP contribution is -2.19. The van der Waals surface area contributed by atoms with Gasteiger partial charge in [-0.2, -0.15) is 0 Å². The van der Waals surface area contributed by atoms with Crippen molar-refractivity contribution in [2.75, 3.05) is 0 Å². The van der Waals surface area contributed by atoms with Crippen LogP contribution in [0, 0.1) is 6.54 Å². The maximum Gasteiger partial charge on any atom is 0.0256 e. The van der Waals surface area contributed by atoms with Crippen molar-refractivity contribution in [1.82, 2.24) is 4.90 Å². The van der Waals surface area contributed by atoms with E-state index >= 15 is 0 Å². The van der Waals surface area contributed by atoms with Crippen LogP contribution in [0.2, 0.25) is 0 Å². The molecular weight excluding hydrogens is 218 g/mol. The number of hydrogen-bond donors (Lipinski definition) is 0. The van der Waals surface area contributed by atoms with Crippen molar-refractivity contribution in [3.63, 3.8) is 0 Å². The molecule has 2 aromatic rings. The van der Waals surface area contributed by atoms with Crippen molar-refractivity contribution in [2.45, 2.75) is 26.4 Å². The highest BCUT2D eigenvalue weighted by molar-refractivity contribution is 5.17. The van der Waals surface area contributed by atoms with Gasteiger partial charge < -0.3 is 0 Å². The fourth-order valence-electron chi connectivity index (χ4n) is 2.08. The van der Waals surface area contributed by atoms with Crippen LogP contribution < -0.4 is 0 Å². The standard InChI is InChI=1S/C17H20N/c1-2-13-18(14-16-9-5-3-6-10-16)15-17-11-7-4-8-12-17/h3-13H,2,14-15H2,1H3. The second-order valence-corrected chi connectivity index (χ2v) is 4.47. The molecule has 0 atom stereocenters. The van der Waals surface area contributed by atoms with Crippen LogP contribution in [0.4, 0.5) is 0 Å². The van der Waals surface area contributed by atoms with E-state index in [9.17, 15) is 0 Å². The Hall–Kier alpha value is -1.60. The molecule has 0 aliphatic heterocycles. The summed E-state index contributed by atoms with van der Waals surface area (Å²) in [6, 6.07) is 21.3. The first-order valence-electron chi connectivity index (χ1n) is 6.53. The summed E-state index contributed by atoms with van der Waals surface area (Å²) < 4.78 is 0. The smallest absolute Gasteiger partial charge is 0.0256 e. The third-order valence-electron chi connectivity index (χ3n) is 2.90. The van der Waals surface area contributed by atoms with Crippen LogP contribution in [0.1, 0.15) is 24.5 Å². The average Bonchev–Trinajstić information content (AvgIpc) is 2.41. The van der Waals surface area contributed by atoms with E-state index in [0.29, 0.717) is 0 Å². The summed E-state index contributed by atoms with van der Waals surface area (Å²) in [7, 11) is 0. The highest BCUT2D eigenvalue weighted by Gasteiger charge is 2.05. The fourth-order valence-corrected chi connectivity index (χ4v) is 2.08. The zero-order valence-electron chi connectivity index (χ0n) is 10.9. The molecule has 0 N–H and O–H groups in total. The van der Waals surface area contributed by atoms with E-state index in [1.54, 1.807) is 0 Å². The SMILES string of the molecule is CC[CH]N(Cc1ccccc1)Cc1ccccc1. The van der Waals surface area contributed by atoms with E-state index in [2.05, 4.69) is 79.0 Å². The zero-order chi connectivity index (χ0) is 12.6. The first-order valence-corrected chi connectivity index (χ1v) is 6.53. The Morgan fingerprint density at radius 1 is 0.778 bits per heavy atom. The maximum absolute atomic E-state index is 2.38. The number of nitrogens with zero attached hydrogens (tertiary/aromatic N) is 1. The van der Waals surface area contributed by atoms with Crippen molar-refractivity contribution in [3.05, 3.63) is 78.3 Å². The van der Waals surface area contributed by atoms with Gasteiger partial charge in [-0.15, -0.1) is 0 Å². The molecule has 0 unspecified atom stereocenters. The van der Waals surface area contributed by atoms with Crippen LogP contribution >= 0.6 is 0 Å². The summed E-state index contributed by atoms with van der Waals surface area (Å²) in [5.41, 5.74) is 2.72. The summed E-state index contributed by atoms with van der Waals surface area (Å²) in [4.78, 5) is 2.38. The summed E-state index contributed by atoms with van der Waals surface area (Å²) >= 11 is 0. The van der Waals surface area contributed by atoms with E-state index in [4.69, 9.17) is 0 Å². The summed E-state index contributed by atoms with van der Waals surface area (Å²) in [5, 5.41) is 0.